The molecule has 20 heavy (non-hydrogen) atoms. The van der Waals surface area contributed by atoms with E-state index in [9.17, 15) is 4.79 Å². The van der Waals surface area contributed by atoms with E-state index in [4.69, 9.17) is 22.5 Å². The van der Waals surface area contributed by atoms with Crippen LogP contribution < -0.4 is 11.1 Å². The summed E-state index contributed by atoms with van der Waals surface area (Å²) in [4.78, 5) is 12.3. The van der Waals surface area contributed by atoms with Crippen LogP contribution in [0.3, 0.4) is 0 Å². The summed E-state index contributed by atoms with van der Waals surface area (Å²) in [6, 6.07) is 5.19. The van der Waals surface area contributed by atoms with Crippen molar-refractivity contribution < 1.29 is 10.0 Å². The Morgan fingerprint density at radius 1 is 1.50 bits per heavy atom. The fraction of sp³-hybridized carbons (Fsp3) is 0.429. The molecule has 0 saturated heterocycles. The third-order valence-corrected chi connectivity index (χ3v) is 4.01. The molecular formula is C14H18ClN3O2. The summed E-state index contributed by atoms with van der Waals surface area (Å²) in [6.07, 6.45) is 2.56. The molecule has 6 heteroatoms. The lowest BCUT2D eigenvalue weighted by molar-refractivity contribution is 0.0933. The molecule has 0 aliphatic heterocycles. The number of rotatable bonds is 3. The van der Waals surface area contributed by atoms with Gasteiger partial charge in [0.25, 0.3) is 5.91 Å². The van der Waals surface area contributed by atoms with Gasteiger partial charge in [0.1, 0.15) is 5.84 Å². The molecule has 1 fully saturated rings. The highest BCUT2D eigenvalue weighted by molar-refractivity contribution is 6.33. The zero-order valence-electron chi connectivity index (χ0n) is 11.3. The first kappa shape index (κ1) is 14.7. The number of halogens is 1. The van der Waals surface area contributed by atoms with Crippen LogP contribution in [0.4, 0.5) is 0 Å². The third kappa shape index (κ3) is 3.04. The molecule has 5 nitrogen and oxygen atoms in total. The number of carbonyl (C=O) groups is 1. The fourth-order valence-corrected chi connectivity index (χ4v) is 2.93. The van der Waals surface area contributed by atoms with Crippen LogP contribution in [0.1, 0.15) is 35.2 Å². The van der Waals surface area contributed by atoms with E-state index in [-0.39, 0.29) is 23.7 Å². The molecule has 4 N–H and O–H groups in total. The molecule has 1 aliphatic rings. The summed E-state index contributed by atoms with van der Waals surface area (Å²) >= 11 is 6.09. The SMILES string of the molecule is Cc1ccc(C(=O)NC2CCCC2/C(N)=N/O)c(Cl)c1. The van der Waals surface area contributed by atoms with Gasteiger partial charge in [-0.25, -0.2) is 0 Å². The van der Waals surface area contributed by atoms with Crippen LogP contribution in [-0.4, -0.2) is 23.0 Å². The summed E-state index contributed by atoms with van der Waals surface area (Å²) in [5.74, 6) is -0.173. The van der Waals surface area contributed by atoms with Crippen molar-refractivity contribution in [2.75, 3.05) is 0 Å². The zero-order valence-corrected chi connectivity index (χ0v) is 12.0. The lowest BCUT2D eigenvalue weighted by atomic mass is 10.0. The summed E-state index contributed by atoms with van der Waals surface area (Å²) in [6.45, 7) is 1.92. The number of nitrogens with zero attached hydrogens (tertiary/aromatic N) is 1. The Morgan fingerprint density at radius 2 is 2.25 bits per heavy atom. The molecule has 1 amide bonds. The molecule has 108 valence electrons. The molecule has 1 aliphatic carbocycles. The first-order chi connectivity index (χ1) is 9.52. The maximum atomic E-state index is 12.3. The van der Waals surface area contributed by atoms with Gasteiger partial charge in [-0.1, -0.05) is 29.2 Å². The highest BCUT2D eigenvalue weighted by Crippen LogP contribution is 2.27. The van der Waals surface area contributed by atoms with Gasteiger partial charge >= 0.3 is 0 Å². The summed E-state index contributed by atoms with van der Waals surface area (Å²) in [5, 5.41) is 15.2. The predicted octanol–water partition coefficient (Wildman–Crippen LogP) is 2.29. The van der Waals surface area contributed by atoms with Crippen molar-refractivity contribution in [1.29, 1.82) is 0 Å². The van der Waals surface area contributed by atoms with E-state index in [0.717, 1.165) is 24.8 Å². The maximum absolute atomic E-state index is 12.3. The second kappa shape index (κ2) is 6.13. The van der Waals surface area contributed by atoms with Crippen molar-refractivity contribution in [3.63, 3.8) is 0 Å². The van der Waals surface area contributed by atoms with Crippen LogP contribution in [0.2, 0.25) is 5.02 Å². The monoisotopic (exact) mass is 295 g/mol. The highest BCUT2D eigenvalue weighted by Gasteiger charge is 2.32. The lowest BCUT2D eigenvalue weighted by Crippen LogP contribution is -2.42. The number of amides is 1. The number of nitrogens with one attached hydrogen (secondary N) is 1. The van der Waals surface area contributed by atoms with Crippen molar-refractivity contribution in [3.05, 3.63) is 34.3 Å². The Kier molecular flexibility index (Phi) is 4.49. The van der Waals surface area contributed by atoms with E-state index in [1.165, 1.54) is 0 Å². The van der Waals surface area contributed by atoms with Gasteiger partial charge in [-0.2, -0.15) is 0 Å². The Labute approximate surface area is 122 Å². The minimum absolute atomic E-state index is 0.115. The number of nitrogens with two attached hydrogens (primary N) is 1. The average Bonchev–Trinajstić information content (AvgIpc) is 2.85. The van der Waals surface area contributed by atoms with Gasteiger partial charge in [0.15, 0.2) is 0 Å². The summed E-state index contributed by atoms with van der Waals surface area (Å²) in [5.41, 5.74) is 7.10. The largest absolute Gasteiger partial charge is 0.409 e. The van der Waals surface area contributed by atoms with Crippen LogP contribution in [0, 0.1) is 12.8 Å². The number of oxime groups is 1. The van der Waals surface area contributed by atoms with Gasteiger partial charge in [0.05, 0.1) is 10.6 Å². The third-order valence-electron chi connectivity index (χ3n) is 3.70. The number of hydrogen-bond acceptors (Lipinski definition) is 3. The minimum Gasteiger partial charge on any atom is -0.409 e. The number of amidine groups is 1. The van der Waals surface area contributed by atoms with E-state index >= 15 is 0 Å². The Hall–Kier alpha value is -1.75. The van der Waals surface area contributed by atoms with Gasteiger partial charge in [0, 0.05) is 12.0 Å². The molecule has 0 bridgehead atoms. The first-order valence-corrected chi connectivity index (χ1v) is 6.95. The highest BCUT2D eigenvalue weighted by atomic mass is 35.5. The van der Waals surface area contributed by atoms with Crippen LogP contribution in [0.5, 0.6) is 0 Å². The number of aryl methyl sites for hydroxylation is 1. The van der Waals surface area contributed by atoms with Crippen LogP contribution in [0.25, 0.3) is 0 Å². The summed E-state index contributed by atoms with van der Waals surface area (Å²) < 4.78 is 0. The molecule has 0 heterocycles. The van der Waals surface area contributed by atoms with Crippen molar-refractivity contribution in [2.45, 2.75) is 32.2 Å². The number of benzene rings is 1. The van der Waals surface area contributed by atoms with Crippen LogP contribution >= 0.6 is 11.6 Å². The van der Waals surface area contributed by atoms with Crippen molar-refractivity contribution in [2.24, 2.45) is 16.8 Å². The topological polar surface area (TPSA) is 87.7 Å². The Balaban J connectivity index is 2.11. The predicted molar refractivity (Wildman–Crippen MR) is 78.2 cm³/mol. The average molecular weight is 296 g/mol. The first-order valence-electron chi connectivity index (χ1n) is 6.57. The molecule has 0 aromatic heterocycles. The molecule has 1 aromatic rings. The molecule has 1 saturated carbocycles. The number of hydrogen-bond donors (Lipinski definition) is 3. The quantitative estimate of drug-likeness (QED) is 0.346. The maximum Gasteiger partial charge on any atom is 0.253 e. The van der Waals surface area contributed by atoms with E-state index in [0.29, 0.717) is 10.6 Å². The minimum atomic E-state index is -0.224. The van der Waals surface area contributed by atoms with Gasteiger partial charge in [-0.3, -0.25) is 4.79 Å². The van der Waals surface area contributed by atoms with Gasteiger partial charge in [0.2, 0.25) is 0 Å². The van der Waals surface area contributed by atoms with Crippen molar-refractivity contribution >= 4 is 23.3 Å². The number of carbonyl (C=O) groups excluding carboxylic acids is 1. The molecule has 0 radical (unpaired) electrons. The van der Waals surface area contributed by atoms with E-state index < -0.39 is 0 Å². The van der Waals surface area contributed by atoms with E-state index in [1.807, 2.05) is 13.0 Å². The second-order valence-corrected chi connectivity index (χ2v) is 5.53. The molecule has 2 rings (SSSR count). The molecule has 2 atom stereocenters. The lowest BCUT2D eigenvalue weighted by Gasteiger charge is -2.20. The smallest absolute Gasteiger partial charge is 0.253 e. The molecule has 2 unspecified atom stereocenters. The van der Waals surface area contributed by atoms with Gasteiger partial charge in [-0.15, -0.1) is 0 Å². The summed E-state index contributed by atoms with van der Waals surface area (Å²) in [7, 11) is 0. The molecular weight excluding hydrogens is 278 g/mol. The van der Waals surface area contributed by atoms with Crippen LogP contribution in [-0.2, 0) is 0 Å². The van der Waals surface area contributed by atoms with Gasteiger partial charge in [-0.05, 0) is 37.5 Å². The van der Waals surface area contributed by atoms with E-state index in [1.54, 1.807) is 12.1 Å². The standard InChI is InChI=1S/C14H18ClN3O2/c1-8-5-6-9(11(15)7-8)14(19)17-12-4-2-3-10(12)13(16)18-20/h5-7,10,12,20H,2-4H2,1H3,(H2,16,18)(H,17,19). The van der Waals surface area contributed by atoms with E-state index in [2.05, 4.69) is 10.5 Å². The Bertz CT molecular complexity index is 545. The van der Waals surface area contributed by atoms with Crippen LogP contribution in [0.15, 0.2) is 23.4 Å². The fourth-order valence-electron chi connectivity index (χ4n) is 2.61. The van der Waals surface area contributed by atoms with Crippen molar-refractivity contribution in [3.8, 4) is 0 Å². The molecule has 1 aromatic carbocycles. The zero-order chi connectivity index (χ0) is 14.7. The van der Waals surface area contributed by atoms with Crippen molar-refractivity contribution in [1.82, 2.24) is 5.32 Å². The molecule has 0 spiro atoms. The normalized spacial score (nSPS) is 22.8. The van der Waals surface area contributed by atoms with Gasteiger partial charge < -0.3 is 16.3 Å². The Morgan fingerprint density at radius 3 is 2.90 bits per heavy atom. The second-order valence-electron chi connectivity index (χ2n) is 5.13.